The largest absolute Gasteiger partial charge is 0.299 e. The summed E-state index contributed by atoms with van der Waals surface area (Å²) in [4.78, 5) is 0.314. The Morgan fingerprint density at radius 2 is 2.10 bits per heavy atom. The van der Waals surface area contributed by atoms with Gasteiger partial charge in [0.2, 0.25) is 0 Å². The summed E-state index contributed by atoms with van der Waals surface area (Å²) in [6.07, 6.45) is 0. The fourth-order valence-electron chi connectivity index (χ4n) is 1.19. The van der Waals surface area contributed by atoms with Crippen LogP contribution in [-0.4, -0.2) is 16.7 Å². The molecule has 0 unspecified atom stereocenters. The quantitative estimate of drug-likeness (QED) is 0.628. The highest BCUT2D eigenvalue weighted by Gasteiger charge is 2.31. The Hall–Kier alpha value is 0.310. The number of nitrogens with one attached hydrogen (secondary N) is 1. The van der Waals surface area contributed by atoms with Gasteiger partial charge in [0.25, 0.3) is 0 Å². The van der Waals surface area contributed by atoms with Gasteiger partial charge in [-0.3, -0.25) is 5.32 Å². The Labute approximate surface area is 68.0 Å². The Kier molecular flexibility index (Phi) is 2.31. The van der Waals surface area contributed by atoms with Crippen molar-refractivity contribution in [1.29, 1.82) is 0 Å². The molecule has 0 amide bonds. The molecule has 0 bridgehead atoms. The number of rotatable bonds is 1. The van der Waals surface area contributed by atoms with Crippen molar-refractivity contribution in [2.45, 2.75) is 38.6 Å². The molecule has 1 rings (SSSR count). The molecule has 0 saturated carbocycles. The van der Waals surface area contributed by atoms with Crippen LogP contribution < -0.4 is 5.32 Å². The summed E-state index contributed by atoms with van der Waals surface area (Å²) in [5.74, 6) is 2.04. The molecule has 0 radical (unpaired) electrons. The summed E-state index contributed by atoms with van der Waals surface area (Å²) in [7, 11) is 0. The van der Waals surface area contributed by atoms with Gasteiger partial charge in [-0.15, -0.1) is 11.8 Å². The van der Waals surface area contributed by atoms with Gasteiger partial charge >= 0.3 is 0 Å². The van der Waals surface area contributed by atoms with Crippen molar-refractivity contribution < 1.29 is 0 Å². The molecule has 1 aliphatic rings. The minimum atomic E-state index is 0.314. The van der Waals surface area contributed by atoms with Gasteiger partial charge in [0.05, 0.1) is 4.87 Å². The normalized spacial score (nSPS) is 31.5. The maximum Gasteiger partial charge on any atom is 0.0591 e. The predicted molar refractivity (Wildman–Crippen MR) is 48.3 cm³/mol. The van der Waals surface area contributed by atoms with Gasteiger partial charge in [-0.2, -0.15) is 0 Å². The van der Waals surface area contributed by atoms with Crippen LogP contribution in [0.1, 0.15) is 27.7 Å². The summed E-state index contributed by atoms with van der Waals surface area (Å²) in [5.41, 5.74) is 0. The molecule has 10 heavy (non-hydrogen) atoms. The summed E-state index contributed by atoms with van der Waals surface area (Å²) in [5, 5.41) is 3.59. The molecule has 2 heteroatoms. The van der Waals surface area contributed by atoms with Crippen LogP contribution >= 0.6 is 11.8 Å². The molecule has 1 saturated heterocycles. The summed E-state index contributed by atoms with van der Waals surface area (Å²) in [6, 6.07) is 0.722. The summed E-state index contributed by atoms with van der Waals surface area (Å²) < 4.78 is 0. The standard InChI is InChI=1S/C8H17NS/c1-6(2)7-5-10-8(3,4)9-7/h6-7,9H,5H2,1-4H3/t7-/m1/s1. The van der Waals surface area contributed by atoms with Gasteiger partial charge < -0.3 is 0 Å². The molecule has 0 aromatic carbocycles. The van der Waals surface area contributed by atoms with E-state index in [9.17, 15) is 0 Å². The van der Waals surface area contributed by atoms with Gasteiger partial charge in [0.1, 0.15) is 0 Å². The third-order valence-corrected chi connectivity index (χ3v) is 3.33. The summed E-state index contributed by atoms with van der Waals surface area (Å²) in [6.45, 7) is 9.05. The molecular weight excluding hydrogens is 142 g/mol. The first-order valence-corrected chi connectivity index (χ1v) is 4.91. The van der Waals surface area contributed by atoms with Crippen molar-refractivity contribution in [2.24, 2.45) is 5.92 Å². The monoisotopic (exact) mass is 159 g/mol. The fourth-order valence-corrected chi connectivity index (χ4v) is 2.49. The van der Waals surface area contributed by atoms with Gasteiger partial charge in [-0.25, -0.2) is 0 Å². The van der Waals surface area contributed by atoms with Crippen molar-refractivity contribution in [2.75, 3.05) is 5.75 Å². The first-order valence-electron chi connectivity index (χ1n) is 3.93. The van der Waals surface area contributed by atoms with Crippen molar-refractivity contribution in [3.63, 3.8) is 0 Å². The zero-order chi connectivity index (χ0) is 7.78. The van der Waals surface area contributed by atoms with Crippen LogP contribution in [0.5, 0.6) is 0 Å². The molecule has 1 heterocycles. The minimum absolute atomic E-state index is 0.314. The molecule has 0 aliphatic carbocycles. The Bertz CT molecular complexity index is 120. The highest BCUT2D eigenvalue weighted by molar-refractivity contribution is 8.00. The molecule has 0 spiro atoms. The first kappa shape index (κ1) is 8.41. The third-order valence-electron chi connectivity index (χ3n) is 1.96. The Morgan fingerprint density at radius 1 is 1.50 bits per heavy atom. The number of hydrogen-bond acceptors (Lipinski definition) is 2. The lowest BCUT2D eigenvalue weighted by Crippen LogP contribution is -2.39. The Morgan fingerprint density at radius 3 is 2.30 bits per heavy atom. The highest BCUT2D eigenvalue weighted by atomic mass is 32.2. The zero-order valence-electron chi connectivity index (χ0n) is 7.27. The van der Waals surface area contributed by atoms with Crippen molar-refractivity contribution >= 4 is 11.8 Å². The lowest BCUT2D eigenvalue weighted by atomic mass is 10.1. The lowest BCUT2D eigenvalue weighted by Gasteiger charge is -2.20. The molecule has 0 aromatic heterocycles. The molecule has 1 aliphatic heterocycles. The molecule has 60 valence electrons. The molecule has 0 aromatic rings. The summed E-state index contributed by atoms with van der Waals surface area (Å²) >= 11 is 2.02. The second-order valence-corrected chi connectivity index (χ2v) is 5.46. The van der Waals surface area contributed by atoms with E-state index in [4.69, 9.17) is 0 Å². The van der Waals surface area contributed by atoms with Crippen LogP contribution in [0.15, 0.2) is 0 Å². The molecular formula is C8H17NS. The zero-order valence-corrected chi connectivity index (χ0v) is 8.09. The second-order valence-electron chi connectivity index (χ2n) is 3.82. The van der Waals surface area contributed by atoms with E-state index in [2.05, 4.69) is 33.0 Å². The smallest absolute Gasteiger partial charge is 0.0591 e. The lowest BCUT2D eigenvalue weighted by molar-refractivity contribution is 0.405. The van der Waals surface area contributed by atoms with Crippen LogP contribution in [-0.2, 0) is 0 Å². The molecule has 1 fully saturated rings. The highest BCUT2D eigenvalue weighted by Crippen LogP contribution is 2.31. The molecule has 1 nitrogen and oxygen atoms in total. The van der Waals surface area contributed by atoms with E-state index in [1.807, 2.05) is 11.8 Å². The van der Waals surface area contributed by atoms with Gasteiger partial charge in [0.15, 0.2) is 0 Å². The van der Waals surface area contributed by atoms with E-state index in [0.29, 0.717) is 4.87 Å². The number of hydrogen-bond donors (Lipinski definition) is 1. The predicted octanol–water partition coefficient (Wildman–Crippen LogP) is 2.08. The maximum absolute atomic E-state index is 3.59. The van der Waals surface area contributed by atoms with E-state index in [0.717, 1.165) is 12.0 Å². The van der Waals surface area contributed by atoms with E-state index in [-0.39, 0.29) is 0 Å². The van der Waals surface area contributed by atoms with E-state index < -0.39 is 0 Å². The van der Waals surface area contributed by atoms with Crippen LogP contribution in [0.3, 0.4) is 0 Å². The average molecular weight is 159 g/mol. The van der Waals surface area contributed by atoms with Crippen molar-refractivity contribution in [1.82, 2.24) is 5.32 Å². The van der Waals surface area contributed by atoms with E-state index in [1.54, 1.807) is 0 Å². The second kappa shape index (κ2) is 2.74. The topological polar surface area (TPSA) is 12.0 Å². The van der Waals surface area contributed by atoms with Gasteiger partial charge in [0, 0.05) is 11.8 Å². The van der Waals surface area contributed by atoms with Crippen LogP contribution in [0.25, 0.3) is 0 Å². The van der Waals surface area contributed by atoms with Crippen LogP contribution in [0, 0.1) is 5.92 Å². The van der Waals surface area contributed by atoms with Crippen molar-refractivity contribution in [3.05, 3.63) is 0 Å². The van der Waals surface area contributed by atoms with Crippen molar-refractivity contribution in [3.8, 4) is 0 Å². The maximum atomic E-state index is 3.59. The third kappa shape index (κ3) is 1.89. The molecule has 1 atom stereocenters. The van der Waals surface area contributed by atoms with E-state index in [1.165, 1.54) is 5.75 Å². The fraction of sp³-hybridized carbons (Fsp3) is 1.00. The van der Waals surface area contributed by atoms with Gasteiger partial charge in [-0.1, -0.05) is 13.8 Å². The average Bonchev–Trinajstić information content (AvgIpc) is 2.10. The number of thioether (sulfide) groups is 1. The van der Waals surface area contributed by atoms with Crippen LogP contribution in [0.2, 0.25) is 0 Å². The Balaban J connectivity index is 2.43. The van der Waals surface area contributed by atoms with Crippen LogP contribution in [0.4, 0.5) is 0 Å². The SMILES string of the molecule is CC(C)[C@H]1CSC(C)(C)N1. The minimum Gasteiger partial charge on any atom is -0.299 e. The van der Waals surface area contributed by atoms with E-state index >= 15 is 0 Å². The molecule has 1 N–H and O–H groups in total. The first-order chi connectivity index (χ1) is 4.51. The van der Waals surface area contributed by atoms with Gasteiger partial charge in [-0.05, 0) is 19.8 Å².